The van der Waals surface area contributed by atoms with Crippen LogP contribution in [0.15, 0.2) is 30.6 Å². The zero-order chi connectivity index (χ0) is 13.4. The first-order valence-corrected chi connectivity index (χ1v) is 6.98. The van der Waals surface area contributed by atoms with E-state index < -0.39 is 0 Å². The van der Waals surface area contributed by atoms with Crippen molar-refractivity contribution in [2.24, 2.45) is 0 Å². The van der Waals surface area contributed by atoms with Crippen molar-refractivity contribution >= 4 is 33.2 Å². The van der Waals surface area contributed by atoms with Gasteiger partial charge in [0.2, 0.25) is 5.88 Å². The summed E-state index contributed by atoms with van der Waals surface area (Å²) in [4.78, 5) is 10.5. The molecule has 1 aromatic carbocycles. The lowest BCUT2D eigenvalue weighted by Gasteiger charge is -2.07. The van der Waals surface area contributed by atoms with Crippen LogP contribution in [0.25, 0.3) is 10.2 Å². The molecule has 0 spiro atoms. The number of nitrogens with zero attached hydrogens (tertiary/aromatic N) is 2. The van der Waals surface area contributed by atoms with Crippen LogP contribution >= 0.6 is 22.9 Å². The van der Waals surface area contributed by atoms with Crippen LogP contribution in [-0.4, -0.2) is 9.97 Å². The molecule has 2 aromatic heterocycles. The molecule has 0 saturated carbocycles. The summed E-state index contributed by atoms with van der Waals surface area (Å²) >= 11 is 7.76. The summed E-state index contributed by atoms with van der Waals surface area (Å²) in [6, 6.07) is 7.69. The molecule has 0 fully saturated rings. The van der Waals surface area contributed by atoms with Crippen LogP contribution in [0.4, 0.5) is 0 Å². The summed E-state index contributed by atoms with van der Waals surface area (Å²) in [5.41, 5.74) is 1.09. The van der Waals surface area contributed by atoms with Crippen molar-refractivity contribution in [2.45, 2.75) is 13.8 Å². The molecule has 0 bridgehead atoms. The van der Waals surface area contributed by atoms with Gasteiger partial charge in [0.15, 0.2) is 0 Å². The molecule has 0 amide bonds. The predicted molar refractivity (Wildman–Crippen MR) is 78.4 cm³/mol. The highest BCUT2D eigenvalue weighted by Gasteiger charge is 2.11. The zero-order valence-corrected chi connectivity index (χ0v) is 12.0. The molecule has 3 rings (SSSR count). The van der Waals surface area contributed by atoms with E-state index in [1.165, 1.54) is 11.2 Å². The third kappa shape index (κ3) is 2.41. The highest BCUT2D eigenvalue weighted by Crippen LogP contribution is 2.34. The van der Waals surface area contributed by atoms with E-state index in [0.29, 0.717) is 16.7 Å². The van der Waals surface area contributed by atoms with E-state index in [0.717, 1.165) is 15.8 Å². The molecule has 0 aliphatic carbocycles. The highest BCUT2D eigenvalue weighted by molar-refractivity contribution is 7.18. The average molecular weight is 291 g/mol. The fourth-order valence-corrected chi connectivity index (χ4v) is 2.82. The Kier molecular flexibility index (Phi) is 3.12. The van der Waals surface area contributed by atoms with E-state index in [1.807, 2.05) is 38.1 Å². The van der Waals surface area contributed by atoms with Crippen LogP contribution < -0.4 is 4.74 Å². The summed E-state index contributed by atoms with van der Waals surface area (Å²) in [6.07, 6.45) is 1.51. The van der Waals surface area contributed by atoms with Gasteiger partial charge in [0.25, 0.3) is 0 Å². The Balaban J connectivity index is 2.08. The molecule has 19 heavy (non-hydrogen) atoms. The highest BCUT2D eigenvalue weighted by atomic mass is 35.5. The van der Waals surface area contributed by atoms with E-state index in [4.69, 9.17) is 16.3 Å². The fourth-order valence-electron chi connectivity index (χ4n) is 1.83. The minimum atomic E-state index is 0.543. The van der Waals surface area contributed by atoms with Gasteiger partial charge in [-0.2, -0.15) is 0 Å². The minimum absolute atomic E-state index is 0.543. The Hall–Kier alpha value is -1.65. The summed E-state index contributed by atoms with van der Waals surface area (Å²) in [5, 5.41) is 1.49. The molecule has 0 atom stereocenters. The number of hydrogen-bond acceptors (Lipinski definition) is 4. The number of ether oxygens (including phenoxy) is 1. The van der Waals surface area contributed by atoms with Crippen molar-refractivity contribution in [1.82, 2.24) is 9.97 Å². The molecule has 0 aliphatic heterocycles. The van der Waals surface area contributed by atoms with E-state index in [2.05, 4.69) is 9.97 Å². The summed E-state index contributed by atoms with van der Waals surface area (Å²) in [6.45, 7) is 4.03. The van der Waals surface area contributed by atoms with Crippen LogP contribution in [0, 0.1) is 13.8 Å². The van der Waals surface area contributed by atoms with E-state index in [1.54, 1.807) is 11.3 Å². The second-order valence-corrected chi connectivity index (χ2v) is 5.93. The third-order valence-electron chi connectivity index (χ3n) is 2.71. The van der Waals surface area contributed by atoms with Gasteiger partial charge >= 0.3 is 0 Å². The second kappa shape index (κ2) is 4.79. The Labute approximate surface area is 119 Å². The van der Waals surface area contributed by atoms with Crippen molar-refractivity contribution in [3.63, 3.8) is 0 Å². The maximum atomic E-state index is 6.14. The number of fused-ring (bicyclic) bond motifs is 1. The Bertz CT molecular complexity index is 754. The van der Waals surface area contributed by atoms with Crippen molar-refractivity contribution in [1.29, 1.82) is 0 Å². The average Bonchev–Trinajstić information content (AvgIpc) is 2.75. The molecule has 96 valence electrons. The molecule has 0 N–H and O–H groups in total. The van der Waals surface area contributed by atoms with Crippen LogP contribution in [0.1, 0.15) is 10.4 Å². The lowest BCUT2D eigenvalue weighted by Crippen LogP contribution is -1.90. The SMILES string of the molecule is Cc1ccc(Cl)c(Oc2ncnc3sc(C)cc23)c1. The second-order valence-electron chi connectivity index (χ2n) is 4.29. The Morgan fingerprint density at radius 2 is 2.00 bits per heavy atom. The number of halogens is 1. The smallest absolute Gasteiger partial charge is 0.231 e. The van der Waals surface area contributed by atoms with Crippen molar-refractivity contribution in [3.8, 4) is 11.6 Å². The van der Waals surface area contributed by atoms with Crippen LogP contribution in [0.5, 0.6) is 11.6 Å². The molecule has 5 heteroatoms. The normalized spacial score (nSPS) is 10.9. The predicted octanol–water partition coefficient (Wildman–Crippen LogP) is 4.75. The largest absolute Gasteiger partial charge is 0.437 e. The number of thiophene rings is 1. The fraction of sp³-hybridized carbons (Fsp3) is 0.143. The maximum Gasteiger partial charge on any atom is 0.231 e. The quantitative estimate of drug-likeness (QED) is 0.683. The molecule has 0 aliphatic rings. The lowest BCUT2D eigenvalue weighted by atomic mass is 10.2. The van der Waals surface area contributed by atoms with Gasteiger partial charge < -0.3 is 4.74 Å². The maximum absolute atomic E-state index is 6.14. The Morgan fingerprint density at radius 1 is 1.16 bits per heavy atom. The van der Waals surface area contributed by atoms with Gasteiger partial charge in [0.1, 0.15) is 16.9 Å². The van der Waals surface area contributed by atoms with Crippen molar-refractivity contribution in [3.05, 3.63) is 46.1 Å². The van der Waals surface area contributed by atoms with Crippen molar-refractivity contribution < 1.29 is 4.74 Å². The van der Waals surface area contributed by atoms with E-state index in [9.17, 15) is 0 Å². The standard InChI is InChI=1S/C14H11ClN2OS/c1-8-3-4-11(15)12(5-8)18-13-10-6-9(2)19-14(10)17-7-16-13/h3-7H,1-2H3. The number of rotatable bonds is 2. The minimum Gasteiger partial charge on any atom is -0.437 e. The lowest BCUT2D eigenvalue weighted by molar-refractivity contribution is 0.468. The Morgan fingerprint density at radius 3 is 2.84 bits per heavy atom. The first kappa shape index (κ1) is 12.4. The van der Waals surface area contributed by atoms with E-state index in [-0.39, 0.29) is 0 Å². The molecule has 3 nitrogen and oxygen atoms in total. The monoisotopic (exact) mass is 290 g/mol. The number of aromatic nitrogens is 2. The summed E-state index contributed by atoms with van der Waals surface area (Å²) in [5.74, 6) is 1.16. The molecule has 0 saturated heterocycles. The zero-order valence-electron chi connectivity index (χ0n) is 10.5. The van der Waals surface area contributed by atoms with Gasteiger partial charge in [0.05, 0.1) is 10.4 Å². The van der Waals surface area contributed by atoms with Crippen LogP contribution in [0.3, 0.4) is 0 Å². The topological polar surface area (TPSA) is 35.0 Å². The first-order valence-electron chi connectivity index (χ1n) is 5.78. The van der Waals surface area contributed by atoms with Gasteiger partial charge in [-0.15, -0.1) is 11.3 Å². The molecule has 3 aromatic rings. The molecular formula is C14H11ClN2OS. The van der Waals surface area contributed by atoms with Gasteiger partial charge in [-0.3, -0.25) is 0 Å². The number of aryl methyl sites for hydroxylation is 2. The molecule has 0 radical (unpaired) electrons. The molecule has 0 unspecified atom stereocenters. The van der Waals surface area contributed by atoms with Crippen molar-refractivity contribution in [2.75, 3.05) is 0 Å². The first-order chi connectivity index (χ1) is 9.13. The van der Waals surface area contributed by atoms with Gasteiger partial charge in [0, 0.05) is 4.88 Å². The molecular weight excluding hydrogens is 280 g/mol. The number of hydrogen-bond donors (Lipinski definition) is 0. The third-order valence-corrected chi connectivity index (χ3v) is 3.98. The van der Waals surface area contributed by atoms with Gasteiger partial charge in [-0.05, 0) is 37.6 Å². The summed E-state index contributed by atoms with van der Waals surface area (Å²) < 4.78 is 5.84. The van der Waals surface area contributed by atoms with Gasteiger partial charge in [-0.1, -0.05) is 17.7 Å². The summed E-state index contributed by atoms with van der Waals surface area (Å²) in [7, 11) is 0. The van der Waals surface area contributed by atoms with Crippen LogP contribution in [0.2, 0.25) is 5.02 Å². The van der Waals surface area contributed by atoms with Gasteiger partial charge in [-0.25, -0.2) is 9.97 Å². The molecule has 2 heterocycles. The van der Waals surface area contributed by atoms with Crippen LogP contribution in [-0.2, 0) is 0 Å². The number of benzene rings is 1. The van der Waals surface area contributed by atoms with E-state index >= 15 is 0 Å².